The largest absolute Gasteiger partial charge is 0.507 e. The summed E-state index contributed by atoms with van der Waals surface area (Å²) in [7, 11) is 0. The molecule has 0 aromatic heterocycles. The average Bonchev–Trinajstić information content (AvgIpc) is 3.14. The van der Waals surface area contributed by atoms with Crippen LogP contribution in [0.2, 0.25) is 0 Å². The van der Waals surface area contributed by atoms with Crippen molar-refractivity contribution in [2.75, 3.05) is 26.2 Å². The molecule has 0 bridgehead atoms. The number of nitrogens with zero attached hydrogens (tertiary/aromatic N) is 3. The number of hydrogen-bond donors (Lipinski definition) is 1. The van der Waals surface area contributed by atoms with Crippen LogP contribution in [0.3, 0.4) is 0 Å². The van der Waals surface area contributed by atoms with Crippen molar-refractivity contribution < 1.29 is 24.0 Å². The first-order chi connectivity index (χ1) is 17.8. The van der Waals surface area contributed by atoms with Crippen LogP contribution in [0, 0.1) is 15.9 Å². The minimum Gasteiger partial charge on any atom is -0.507 e. The number of ketones is 1. The fourth-order valence-electron chi connectivity index (χ4n) is 4.62. The number of Topliss-reactive ketones (excluding diaryl/α,β-unsaturated/α-hetero) is 1. The summed E-state index contributed by atoms with van der Waals surface area (Å²) in [5, 5.41) is 22.3. The van der Waals surface area contributed by atoms with Gasteiger partial charge in [0.25, 0.3) is 17.4 Å². The van der Waals surface area contributed by atoms with Crippen LogP contribution in [0.1, 0.15) is 63.1 Å². The summed E-state index contributed by atoms with van der Waals surface area (Å²) in [5.41, 5.74) is -0.0799. The van der Waals surface area contributed by atoms with Gasteiger partial charge in [0.1, 0.15) is 11.6 Å². The van der Waals surface area contributed by atoms with Gasteiger partial charge in [0, 0.05) is 24.2 Å². The molecular weight excluding hydrogens is 477 g/mol. The first-order valence-corrected chi connectivity index (χ1v) is 12.8. The molecule has 198 valence electrons. The van der Waals surface area contributed by atoms with Crippen molar-refractivity contribution in [3.8, 4) is 0 Å². The molecule has 1 heterocycles. The van der Waals surface area contributed by atoms with Crippen molar-refractivity contribution in [3.63, 3.8) is 0 Å². The van der Waals surface area contributed by atoms with E-state index in [4.69, 9.17) is 0 Å². The standard InChI is InChI=1S/C28H34FN3O5/c1-3-5-14-30(15-6-4-2)16-9-17-31-25(20-10-7-12-22(29)18-20)24(27(34)28(31)35)26(33)21-11-8-13-23(19-21)32(36)37/h7-8,10-13,18-19,25,33H,3-6,9,14-17H2,1-2H3/t25-/m0/s1. The molecule has 1 saturated heterocycles. The van der Waals surface area contributed by atoms with E-state index in [-0.39, 0.29) is 23.4 Å². The molecule has 1 fully saturated rings. The molecule has 0 unspecified atom stereocenters. The van der Waals surface area contributed by atoms with Crippen molar-refractivity contribution in [2.45, 2.75) is 52.0 Å². The number of nitro groups is 1. The van der Waals surface area contributed by atoms with Gasteiger partial charge in [-0.05, 0) is 56.6 Å². The number of unbranched alkanes of at least 4 members (excludes halogenated alkanes) is 2. The van der Waals surface area contributed by atoms with Crippen molar-refractivity contribution in [2.24, 2.45) is 0 Å². The second-order valence-corrected chi connectivity index (χ2v) is 9.26. The Bertz CT molecular complexity index is 1160. The number of halogens is 1. The van der Waals surface area contributed by atoms with Gasteiger partial charge in [0.05, 0.1) is 16.5 Å². The Balaban J connectivity index is 1.96. The van der Waals surface area contributed by atoms with Crippen LogP contribution in [0.5, 0.6) is 0 Å². The van der Waals surface area contributed by atoms with E-state index in [0.29, 0.717) is 12.0 Å². The summed E-state index contributed by atoms with van der Waals surface area (Å²) in [6.45, 7) is 7.16. The summed E-state index contributed by atoms with van der Waals surface area (Å²) >= 11 is 0. The molecule has 9 heteroatoms. The van der Waals surface area contributed by atoms with Gasteiger partial charge in [-0.2, -0.15) is 0 Å². The van der Waals surface area contributed by atoms with E-state index < -0.39 is 34.2 Å². The molecular formula is C28H34FN3O5. The normalized spacial score (nSPS) is 17.1. The van der Waals surface area contributed by atoms with E-state index in [1.807, 2.05) is 0 Å². The molecule has 1 N–H and O–H groups in total. The molecule has 3 rings (SSSR count). The highest BCUT2D eigenvalue weighted by atomic mass is 19.1. The van der Waals surface area contributed by atoms with Gasteiger partial charge in [0.15, 0.2) is 0 Å². The minimum atomic E-state index is -1.00. The zero-order chi connectivity index (χ0) is 26.9. The maximum absolute atomic E-state index is 14.2. The van der Waals surface area contributed by atoms with Gasteiger partial charge < -0.3 is 14.9 Å². The SMILES string of the molecule is CCCCN(CCCC)CCCN1C(=O)C(=O)C(=C(O)c2cccc([N+](=O)[O-])c2)[C@@H]1c1cccc(F)c1. The highest BCUT2D eigenvalue weighted by Gasteiger charge is 2.46. The van der Waals surface area contributed by atoms with Crippen LogP contribution < -0.4 is 0 Å². The second-order valence-electron chi connectivity index (χ2n) is 9.26. The number of amides is 1. The Kier molecular flexibility index (Phi) is 9.91. The monoisotopic (exact) mass is 511 g/mol. The lowest BCUT2D eigenvalue weighted by molar-refractivity contribution is -0.384. The highest BCUT2D eigenvalue weighted by Crippen LogP contribution is 2.40. The molecule has 1 aliphatic heterocycles. The number of aliphatic hydroxyl groups is 1. The highest BCUT2D eigenvalue weighted by molar-refractivity contribution is 6.46. The predicted octanol–water partition coefficient (Wildman–Crippen LogP) is 5.45. The molecule has 1 amide bonds. The summed E-state index contributed by atoms with van der Waals surface area (Å²) in [4.78, 5) is 40.6. The molecule has 8 nitrogen and oxygen atoms in total. The number of hydrogen-bond acceptors (Lipinski definition) is 6. The van der Waals surface area contributed by atoms with Crippen LogP contribution in [-0.2, 0) is 9.59 Å². The number of nitro benzene ring substituents is 1. The Morgan fingerprint density at radius 1 is 1.03 bits per heavy atom. The first-order valence-electron chi connectivity index (χ1n) is 12.8. The zero-order valence-electron chi connectivity index (χ0n) is 21.4. The molecule has 2 aromatic rings. The van der Waals surface area contributed by atoms with Crippen molar-refractivity contribution in [3.05, 3.63) is 81.2 Å². The van der Waals surface area contributed by atoms with Crippen molar-refractivity contribution in [1.82, 2.24) is 9.80 Å². The van der Waals surface area contributed by atoms with Crippen LogP contribution in [-0.4, -0.2) is 57.7 Å². The van der Waals surface area contributed by atoms with Gasteiger partial charge >= 0.3 is 0 Å². The average molecular weight is 512 g/mol. The quantitative estimate of drug-likeness (QED) is 0.126. The predicted molar refractivity (Wildman–Crippen MR) is 139 cm³/mol. The van der Waals surface area contributed by atoms with Crippen LogP contribution in [0.15, 0.2) is 54.1 Å². The molecule has 0 spiro atoms. The lowest BCUT2D eigenvalue weighted by Gasteiger charge is -2.27. The number of carbonyl (C=O) groups is 2. The van der Waals surface area contributed by atoms with Gasteiger partial charge in [-0.25, -0.2) is 4.39 Å². The molecule has 1 aliphatic rings. The van der Waals surface area contributed by atoms with E-state index in [1.165, 1.54) is 41.3 Å². The van der Waals surface area contributed by atoms with E-state index in [1.54, 1.807) is 6.07 Å². The topological polar surface area (TPSA) is 104 Å². The fraction of sp³-hybridized carbons (Fsp3) is 0.429. The summed E-state index contributed by atoms with van der Waals surface area (Å²) in [6.07, 6.45) is 4.90. The molecule has 2 aromatic carbocycles. The maximum Gasteiger partial charge on any atom is 0.295 e. The lowest BCUT2D eigenvalue weighted by Crippen LogP contribution is -2.34. The van der Waals surface area contributed by atoms with Gasteiger partial charge in [-0.3, -0.25) is 19.7 Å². The second kappa shape index (κ2) is 13.1. The molecule has 0 saturated carbocycles. The number of aliphatic hydroxyl groups excluding tert-OH is 1. The summed E-state index contributed by atoms with van der Waals surface area (Å²) < 4.78 is 14.2. The number of likely N-dealkylation sites (tertiary alicyclic amines) is 1. The van der Waals surface area contributed by atoms with Crippen molar-refractivity contribution in [1.29, 1.82) is 0 Å². The maximum atomic E-state index is 14.2. The van der Waals surface area contributed by atoms with Gasteiger partial charge in [0.2, 0.25) is 0 Å². The van der Waals surface area contributed by atoms with E-state index in [2.05, 4.69) is 18.7 Å². The molecule has 0 aliphatic carbocycles. The number of rotatable bonds is 13. The Morgan fingerprint density at radius 3 is 2.30 bits per heavy atom. The Morgan fingerprint density at radius 2 is 1.68 bits per heavy atom. The third kappa shape index (κ3) is 6.80. The number of non-ortho nitro benzene ring substituents is 1. The first kappa shape index (κ1) is 28.0. The Hall–Kier alpha value is -3.59. The minimum absolute atomic E-state index is 0.0407. The third-order valence-corrected chi connectivity index (χ3v) is 6.56. The lowest BCUT2D eigenvalue weighted by atomic mass is 9.95. The number of benzene rings is 2. The molecule has 1 atom stereocenters. The van der Waals surface area contributed by atoms with Crippen LogP contribution >= 0.6 is 0 Å². The zero-order valence-corrected chi connectivity index (χ0v) is 21.4. The van der Waals surface area contributed by atoms with Crippen LogP contribution in [0.25, 0.3) is 5.76 Å². The Labute approximate surface area is 216 Å². The van der Waals surface area contributed by atoms with E-state index in [0.717, 1.165) is 51.4 Å². The summed E-state index contributed by atoms with van der Waals surface area (Å²) in [5.74, 6) is -2.74. The summed E-state index contributed by atoms with van der Waals surface area (Å²) in [6, 6.07) is 9.80. The number of carbonyl (C=O) groups excluding carboxylic acids is 2. The van der Waals surface area contributed by atoms with Gasteiger partial charge in [-0.1, -0.05) is 51.0 Å². The fourth-order valence-corrected chi connectivity index (χ4v) is 4.62. The van der Waals surface area contributed by atoms with Crippen LogP contribution in [0.4, 0.5) is 10.1 Å². The van der Waals surface area contributed by atoms with E-state index >= 15 is 0 Å². The molecule has 0 radical (unpaired) electrons. The van der Waals surface area contributed by atoms with Crippen molar-refractivity contribution >= 4 is 23.1 Å². The third-order valence-electron chi connectivity index (χ3n) is 6.56. The van der Waals surface area contributed by atoms with E-state index in [9.17, 15) is 29.2 Å². The molecule has 37 heavy (non-hydrogen) atoms. The smallest absolute Gasteiger partial charge is 0.295 e. The van der Waals surface area contributed by atoms with Gasteiger partial charge in [-0.15, -0.1) is 0 Å².